The van der Waals surface area contributed by atoms with Gasteiger partial charge in [-0.05, 0) is 42.4 Å². The van der Waals surface area contributed by atoms with Gasteiger partial charge in [-0.2, -0.15) is 0 Å². The second-order valence-corrected chi connectivity index (χ2v) is 7.87. The first kappa shape index (κ1) is 19.7. The molecular weight excluding hydrogens is 382 g/mol. The van der Waals surface area contributed by atoms with Crippen LogP contribution in [0.5, 0.6) is 5.88 Å². The molecule has 1 heterocycles. The smallest absolute Gasteiger partial charge is 0.309 e. The molecule has 0 spiro atoms. The first-order valence-electron chi connectivity index (χ1n) is 9.88. The SMILES string of the molecule is O=C(N[C@H](Cc1ccc(-c2ccccc2)cc1)CC1(C(=O)O)CC1)c1cc(O)n[nH]1. The minimum absolute atomic E-state index is 0.136. The maximum Gasteiger partial charge on any atom is 0.309 e. The Bertz CT molecular complexity index is 1040. The van der Waals surface area contributed by atoms with Crippen LogP contribution >= 0.6 is 0 Å². The lowest BCUT2D eigenvalue weighted by Gasteiger charge is -2.22. The number of hydrogen-bond acceptors (Lipinski definition) is 4. The molecule has 3 aromatic rings. The number of H-pyrrole nitrogens is 1. The Hall–Kier alpha value is -3.61. The van der Waals surface area contributed by atoms with Crippen molar-refractivity contribution in [2.75, 3.05) is 0 Å². The number of carbonyl (C=O) groups excluding carboxylic acids is 1. The van der Waals surface area contributed by atoms with E-state index in [1.54, 1.807) is 0 Å². The van der Waals surface area contributed by atoms with E-state index in [2.05, 4.69) is 15.5 Å². The van der Waals surface area contributed by atoms with Crippen molar-refractivity contribution in [2.24, 2.45) is 5.41 Å². The highest BCUT2D eigenvalue weighted by Gasteiger charge is 2.51. The zero-order valence-electron chi connectivity index (χ0n) is 16.3. The standard InChI is InChI=1S/C23H23N3O4/c27-20-13-19(25-26-20)21(28)24-18(14-23(10-11-23)22(29)30)12-15-6-8-17(9-7-15)16-4-2-1-3-5-16/h1-9,13,18H,10-12,14H2,(H,24,28)(H,29,30)(H2,25,26,27)/t18-/m1/s1. The number of aromatic amines is 1. The van der Waals surface area contributed by atoms with Crippen LogP contribution in [-0.2, 0) is 11.2 Å². The maximum atomic E-state index is 12.5. The molecule has 30 heavy (non-hydrogen) atoms. The van der Waals surface area contributed by atoms with Crippen LogP contribution in [-0.4, -0.2) is 38.3 Å². The van der Waals surface area contributed by atoms with Gasteiger partial charge in [-0.1, -0.05) is 54.6 Å². The van der Waals surface area contributed by atoms with Gasteiger partial charge in [-0.25, -0.2) is 0 Å². The van der Waals surface area contributed by atoms with E-state index in [-0.39, 0.29) is 17.6 Å². The van der Waals surface area contributed by atoms with Crippen molar-refractivity contribution in [1.29, 1.82) is 0 Å². The third-order valence-electron chi connectivity index (χ3n) is 5.63. The number of nitrogens with zero attached hydrogens (tertiary/aromatic N) is 1. The second kappa shape index (κ2) is 8.02. The average Bonchev–Trinajstić information content (AvgIpc) is 3.40. The molecule has 0 bridgehead atoms. The van der Waals surface area contributed by atoms with Crippen LogP contribution in [0.2, 0.25) is 0 Å². The minimum Gasteiger partial charge on any atom is -0.492 e. The maximum absolute atomic E-state index is 12.5. The summed E-state index contributed by atoms with van der Waals surface area (Å²) in [4.78, 5) is 24.2. The molecule has 7 nitrogen and oxygen atoms in total. The topological polar surface area (TPSA) is 115 Å². The van der Waals surface area contributed by atoms with E-state index >= 15 is 0 Å². The van der Waals surface area contributed by atoms with Crippen LogP contribution in [0.25, 0.3) is 11.1 Å². The predicted octanol–water partition coefficient (Wildman–Crippen LogP) is 3.38. The molecule has 154 valence electrons. The quantitative estimate of drug-likeness (QED) is 0.459. The van der Waals surface area contributed by atoms with E-state index in [0.29, 0.717) is 25.7 Å². The number of benzene rings is 2. The van der Waals surface area contributed by atoms with Gasteiger partial charge in [0.05, 0.1) is 5.41 Å². The average molecular weight is 405 g/mol. The summed E-state index contributed by atoms with van der Waals surface area (Å²) in [6.07, 6.45) is 2.10. The Kier molecular flexibility index (Phi) is 5.27. The normalized spacial score (nSPS) is 15.3. The number of carboxylic acid groups (broad SMARTS) is 1. The zero-order chi connectivity index (χ0) is 21.1. The predicted molar refractivity (Wildman–Crippen MR) is 111 cm³/mol. The molecule has 0 aliphatic heterocycles. The van der Waals surface area contributed by atoms with Gasteiger partial charge in [-0.3, -0.25) is 14.7 Å². The van der Waals surface area contributed by atoms with Crippen LogP contribution in [0.15, 0.2) is 60.7 Å². The van der Waals surface area contributed by atoms with E-state index in [4.69, 9.17) is 0 Å². The number of aromatic hydroxyl groups is 1. The lowest BCUT2D eigenvalue weighted by molar-refractivity contribution is -0.143. The molecule has 0 saturated heterocycles. The highest BCUT2D eigenvalue weighted by molar-refractivity contribution is 5.92. The monoisotopic (exact) mass is 405 g/mol. The van der Waals surface area contributed by atoms with Crippen molar-refractivity contribution in [3.05, 3.63) is 71.9 Å². The molecule has 2 aromatic carbocycles. The number of aromatic nitrogens is 2. The van der Waals surface area contributed by atoms with Crippen LogP contribution in [0.1, 0.15) is 35.3 Å². The molecule has 1 aliphatic carbocycles. The Labute approximate surface area is 173 Å². The fraction of sp³-hybridized carbons (Fsp3) is 0.261. The molecule has 1 fully saturated rings. The number of rotatable bonds is 8. The van der Waals surface area contributed by atoms with Crippen molar-refractivity contribution < 1.29 is 19.8 Å². The first-order valence-corrected chi connectivity index (χ1v) is 9.88. The summed E-state index contributed by atoms with van der Waals surface area (Å²) in [5.41, 5.74) is 2.59. The molecule has 4 rings (SSSR count). The van der Waals surface area contributed by atoms with Crippen LogP contribution in [0.4, 0.5) is 0 Å². The number of amides is 1. The van der Waals surface area contributed by atoms with Gasteiger partial charge in [-0.15, -0.1) is 5.10 Å². The zero-order valence-corrected chi connectivity index (χ0v) is 16.3. The summed E-state index contributed by atoms with van der Waals surface area (Å²) < 4.78 is 0. The van der Waals surface area contributed by atoms with Crippen LogP contribution in [0.3, 0.4) is 0 Å². The second-order valence-electron chi connectivity index (χ2n) is 7.87. The third-order valence-corrected chi connectivity index (χ3v) is 5.63. The van der Waals surface area contributed by atoms with Gasteiger partial charge in [0.1, 0.15) is 5.69 Å². The van der Waals surface area contributed by atoms with Gasteiger partial charge in [0, 0.05) is 12.1 Å². The van der Waals surface area contributed by atoms with Crippen LogP contribution < -0.4 is 5.32 Å². The molecule has 4 N–H and O–H groups in total. The Balaban J connectivity index is 1.50. The molecule has 1 saturated carbocycles. The molecule has 1 atom stereocenters. The number of carboxylic acids is 1. The summed E-state index contributed by atoms with van der Waals surface area (Å²) in [7, 11) is 0. The highest BCUT2D eigenvalue weighted by Crippen LogP contribution is 2.50. The van der Waals surface area contributed by atoms with Crippen molar-refractivity contribution in [3.8, 4) is 17.0 Å². The van der Waals surface area contributed by atoms with Crippen LogP contribution in [0, 0.1) is 5.41 Å². The third kappa shape index (κ3) is 4.35. The Morgan fingerprint density at radius 1 is 1.07 bits per heavy atom. The fourth-order valence-corrected chi connectivity index (χ4v) is 3.74. The molecule has 0 unspecified atom stereocenters. The van der Waals surface area contributed by atoms with Gasteiger partial charge in [0.15, 0.2) is 0 Å². The van der Waals surface area contributed by atoms with E-state index < -0.39 is 17.3 Å². The van der Waals surface area contributed by atoms with Gasteiger partial charge in [0.2, 0.25) is 5.88 Å². The largest absolute Gasteiger partial charge is 0.492 e. The van der Waals surface area contributed by atoms with Gasteiger partial charge in [0.25, 0.3) is 5.91 Å². The lowest BCUT2D eigenvalue weighted by Crippen LogP contribution is -2.39. The highest BCUT2D eigenvalue weighted by atomic mass is 16.4. The van der Waals surface area contributed by atoms with E-state index in [1.807, 2.05) is 54.6 Å². The summed E-state index contributed by atoms with van der Waals surface area (Å²) >= 11 is 0. The number of hydrogen-bond donors (Lipinski definition) is 4. The summed E-state index contributed by atoms with van der Waals surface area (Å²) in [5.74, 6) is -1.51. The van der Waals surface area contributed by atoms with Gasteiger partial charge < -0.3 is 15.5 Å². The molecule has 1 aliphatic rings. The lowest BCUT2D eigenvalue weighted by atomic mass is 9.92. The number of nitrogens with one attached hydrogen (secondary N) is 2. The molecule has 0 radical (unpaired) electrons. The molecule has 1 amide bonds. The number of carbonyl (C=O) groups is 2. The fourth-order valence-electron chi connectivity index (χ4n) is 3.74. The van der Waals surface area contributed by atoms with E-state index in [0.717, 1.165) is 16.7 Å². The Morgan fingerprint density at radius 2 is 1.73 bits per heavy atom. The molecule has 7 heteroatoms. The van der Waals surface area contributed by atoms with Gasteiger partial charge >= 0.3 is 5.97 Å². The Morgan fingerprint density at radius 3 is 2.30 bits per heavy atom. The summed E-state index contributed by atoms with van der Waals surface area (Å²) in [6, 6.07) is 19.0. The van der Waals surface area contributed by atoms with Crippen molar-refractivity contribution >= 4 is 11.9 Å². The van der Waals surface area contributed by atoms with Crippen molar-refractivity contribution in [1.82, 2.24) is 15.5 Å². The van der Waals surface area contributed by atoms with E-state index in [9.17, 15) is 19.8 Å². The minimum atomic E-state index is -0.819. The molecular formula is C23H23N3O4. The van der Waals surface area contributed by atoms with Crippen molar-refractivity contribution in [2.45, 2.75) is 31.7 Å². The van der Waals surface area contributed by atoms with Crippen molar-refractivity contribution in [3.63, 3.8) is 0 Å². The first-order chi connectivity index (χ1) is 14.4. The van der Waals surface area contributed by atoms with E-state index in [1.165, 1.54) is 6.07 Å². The molecule has 1 aromatic heterocycles. The summed E-state index contributed by atoms with van der Waals surface area (Å²) in [5, 5.41) is 27.9. The number of aliphatic carboxylic acids is 1. The summed E-state index contributed by atoms with van der Waals surface area (Å²) in [6.45, 7) is 0.